The fourth-order valence-electron chi connectivity index (χ4n) is 3.21. The van der Waals surface area contributed by atoms with E-state index >= 15 is 0 Å². The first kappa shape index (κ1) is 19.1. The molecule has 2 aromatic rings. The lowest BCUT2D eigenvalue weighted by Crippen LogP contribution is -2.21. The molecule has 0 aliphatic carbocycles. The van der Waals surface area contributed by atoms with Crippen LogP contribution >= 0.6 is 0 Å². The summed E-state index contributed by atoms with van der Waals surface area (Å²) in [6, 6.07) is 9.02. The van der Waals surface area contributed by atoms with Crippen molar-refractivity contribution in [1.29, 1.82) is 0 Å². The molecule has 0 bridgehead atoms. The van der Waals surface area contributed by atoms with Gasteiger partial charge in [0.15, 0.2) is 11.5 Å². The summed E-state index contributed by atoms with van der Waals surface area (Å²) in [5.74, 6) is 2.87. The van der Waals surface area contributed by atoms with E-state index < -0.39 is 6.10 Å². The molecule has 27 heavy (non-hydrogen) atoms. The molecule has 1 heterocycles. The number of hydrogen-bond acceptors (Lipinski definition) is 7. The van der Waals surface area contributed by atoms with Crippen LogP contribution in [0.2, 0.25) is 0 Å². The average molecular weight is 375 g/mol. The Morgan fingerprint density at radius 3 is 2.37 bits per heavy atom. The van der Waals surface area contributed by atoms with Gasteiger partial charge in [-0.05, 0) is 30.2 Å². The third-order valence-electron chi connectivity index (χ3n) is 4.59. The quantitative estimate of drug-likeness (QED) is 0.732. The second kappa shape index (κ2) is 8.37. The molecular weight excluding hydrogens is 350 g/mol. The molecule has 1 aliphatic heterocycles. The van der Waals surface area contributed by atoms with E-state index in [0.717, 1.165) is 16.9 Å². The molecule has 146 valence electrons. The van der Waals surface area contributed by atoms with Gasteiger partial charge in [0.1, 0.15) is 5.75 Å². The maximum atomic E-state index is 10.6. The summed E-state index contributed by atoms with van der Waals surface area (Å²) >= 11 is 0. The van der Waals surface area contributed by atoms with Crippen molar-refractivity contribution in [2.24, 2.45) is 5.73 Å². The minimum Gasteiger partial charge on any atom is -0.497 e. The van der Waals surface area contributed by atoms with Crippen LogP contribution in [-0.4, -0.2) is 39.3 Å². The van der Waals surface area contributed by atoms with E-state index in [4.69, 9.17) is 29.4 Å². The van der Waals surface area contributed by atoms with Crippen molar-refractivity contribution in [3.63, 3.8) is 0 Å². The summed E-state index contributed by atoms with van der Waals surface area (Å²) in [4.78, 5) is 0. The zero-order valence-corrected chi connectivity index (χ0v) is 15.7. The second-order valence-corrected chi connectivity index (χ2v) is 6.31. The molecule has 0 amide bonds. The Balaban J connectivity index is 1.74. The van der Waals surface area contributed by atoms with Crippen molar-refractivity contribution in [3.05, 3.63) is 41.5 Å². The highest BCUT2D eigenvalue weighted by atomic mass is 16.7. The van der Waals surface area contributed by atoms with E-state index in [1.807, 2.05) is 24.3 Å². The van der Waals surface area contributed by atoms with Gasteiger partial charge in [0.25, 0.3) is 0 Å². The van der Waals surface area contributed by atoms with E-state index in [1.165, 1.54) is 0 Å². The molecule has 0 radical (unpaired) electrons. The van der Waals surface area contributed by atoms with Crippen LogP contribution in [0, 0.1) is 0 Å². The molecule has 1 aliphatic rings. The van der Waals surface area contributed by atoms with Crippen molar-refractivity contribution >= 4 is 0 Å². The highest BCUT2D eigenvalue weighted by Crippen LogP contribution is 2.49. The molecule has 0 spiro atoms. The second-order valence-electron chi connectivity index (χ2n) is 6.31. The van der Waals surface area contributed by atoms with Crippen LogP contribution in [0.4, 0.5) is 0 Å². The molecule has 0 aromatic heterocycles. The minimum atomic E-state index is -0.666. The van der Waals surface area contributed by atoms with Crippen molar-refractivity contribution in [2.45, 2.75) is 25.0 Å². The van der Waals surface area contributed by atoms with Crippen LogP contribution in [0.25, 0.3) is 0 Å². The van der Waals surface area contributed by atoms with E-state index in [-0.39, 0.29) is 12.8 Å². The molecule has 2 atom stereocenters. The van der Waals surface area contributed by atoms with Gasteiger partial charge in [0, 0.05) is 18.0 Å². The number of fused-ring (bicyclic) bond motifs is 1. The first-order valence-electron chi connectivity index (χ1n) is 8.68. The summed E-state index contributed by atoms with van der Waals surface area (Å²) in [6.45, 7) is 0.108. The highest BCUT2D eigenvalue weighted by molar-refractivity contribution is 5.64. The van der Waals surface area contributed by atoms with Gasteiger partial charge in [-0.2, -0.15) is 0 Å². The van der Waals surface area contributed by atoms with Gasteiger partial charge in [0.05, 0.1) is 27.4 Å². The van der Waals surface area contributed by atoms with Crippen molar-refractivity contribution < 1.29 is 28.8 Å². The van der Waals surface area contributed by atoms with Crippen LogP contribution in [0.5, 0.6) is 28.7 Å². The molecule has 2 aromatic carbocycles. The number of hydrogen-bond donors (Lipinski definition) is 2. The number of aliphatic hydroxyl groups is 1. The van der Waals surface area contributed by atoms with Gasteiger partial charge in [-0.1, -0.05) is 12.1 Å². The fraction of sp³-hybridized carbons (Fsp3) is 0.400. The molecular formula is C20H25NO6. The zero-order chi connectivity index (χ0) is 19.4. The number of rotatable bonds is 8. The van der Waals surface area contributed by atoms with Gasteiger partial charge in [-0.25, -0.2) is 0 Å². The maximum absolute atomic E-state index is 10.6. The van der Waals surface area contributed by atoms with Crippen LogP contribution in [0.3, 0.4) is 0 Å². The monoisotopic (exact) mass is 375 g/mol. The summed E-state index contributed by atoms with van der Waals surface area (Å²) in [5.41, 5.74) is 7.96. The Labute approximate surface area is 158 Å². The summed E-state index contributed by atoms with van der Waals surface area (Å²) in [5, 5.41) is 10.6. The molecule has 0 fully saturated rings. The Bertz CT molecular complexity index is 777. The molecule has 3 rings (SSSR count). The zero-order valence-electron chi connectivity index (χ0n) is 15.7. The SMILES string of the molecule is COc1ccc(C(N)CC(O)Cc2cc(OC)c3c(c2OC)OCO3)cc1. The van der Waals surface area contributed by atoms with E-state index in [2.05, 4.69) is 0 Å². The minimum absolute atomic E-state index is 0.108. The maximum Gasteiger partial charge on any atom is 0.231 e. The summed E-state index contributed by atoms with van der Waals surface area (Å²) in [7, 11) is 4.73. The van der Waals surface area contributed by atoms with Gasteiger partial charge in [-0.3, -0.25) is 0 Å². The van der Waals surface area contributed by atoms with Gasteiger partial charge < -0.3 is 34.5 Å². The van der Waals surface area contributed by atoms with Crippen LogP contribution in [0.1, 0.15) is 23.6 Å². The third kappa shape index (κ3) is 4.04. The van der Waals surface area contributed by atoms with Crippen LogP contribution < -0.4 is 29.4 Å². The van der Waals surface area contributed by atoms with Crippen LogP contribution in [0.15, 0.2) is 30.3 Å². The molecule has 7 nitrogen and oxygen atoms in total. The number of methoxy groups -OCH3 is 3. The first-order valence-corrected chi connectivity index (χ1v) is 8.68. The topological polar surface area (TPSA) is 92.4 Å². The van der Waals surface area contributed by atoms with Gasteiger partial charge in [0.2, 0.25) is 18.3 Å². The Morgan fingerprint density at radius 1 is 1.04 bits per heavy atom. The molecule has 0 saturated heterocycles. The predicted octanol–water partition coefficient (Wildman–Crippen LogP) is 2.43. The lowest BCUT2D eigenvalue weighted by molar-refractivity contribution is 0.154. The smallest absolute Gasteiger partial charge is 0.231 e. The van der Waals surface area contributed by atoms with Crippen LogP contribution in [-0.2, 0) is 6.42 Å². The number of benzene rings is 2. The van der Waals surface area contributed by atoms with Crippen molar-refractivity contribution in [1.82, 2.24) is 0 Å². The Morgan fingerprint density at radius 2 is 1.74 bits per heavy atom. The van der Waals surface area contributed by atoms with Crippen molar-refractivity contribution in [2.75, 3.05) is 28.1 Å². The van der Waals surface area contributed by atoms with Gasteiger partial charge >= 0.3 is 0 Å². The Kier molecular flexibility index (Phi) is 5.93. The van der Waals surface area contributed by atoms with E-state index in [1.54, 1.807) is 27.4 Å². The fourth-order valence-corrected chi connectivity index (χ4v) is 3.21. The van der Waals surface area contributed by atoms with E-state index in [0.29, 0.717) is 35.8 Å². The van der Waals surface area contributed by atoms with Crippen molar-refractivity contribution in [3.8, 4) is 28.7 Å². The standard InChI is InChI=1S/C20H25NO6/c1-23-15-6-4-12(5-7-15)16(21)10-14(22)8-13-9-17(24-2)19-20(18(13)25-3)27-11-26-19/h4-7,9,14,16,22H,8,10-11,21H2,1-3H3. The number of aliphatic hydroxyl groups excluding tert-OH is 1. The lowest BCUT2D eigenvalue weighted by atomic mass is 9.96. The molecule has 7 heteroatoms. The molecule has 0 saturated carbocycles. The largest absolute Gasteiger partial charge is 0.497 e. The lowest BCUT2D eigenvalue weighted by Gasteiger charge is -2.19. The summed E-state index contributed by atoms with van der Waals surface area (Å²) < 4.78 is 27.0. The molecule has 2 unspecified atom stereocenters. The average Bonchev–Trinajstić information content (AvgIpc) is 3.17. The molecule has 3 N–H and O–H groups in total. The number of ether oxygens (including phenoxy) is 5. The summed E-state index contributed by atoms with van der Waals surface area (Å²) in [6.07, 6.45) is 0.0767. The Hall–Kier alpha value is -2.64. The predicted molar refractivity (Wildman–Crippen MR) is 99.9 cm³/mol. The van der Waals surface area contributed by atoms with E-state index in [9.17, 15) is 5.11 Å². The normalized spacial score (nSPS) is 14.6. The highest BCUT2D eigenvalue weighted by Gasteiger charge is 2.28. The third-order valence-corrected chi connectivity index (χ3v) is 4.59. The van der Waals surface area contributed by atoms with Gasteiger partial charge in [-0.15, -0.1) is 0 Å². The number of nitrogens with two attached hydrogens (primary N) is 1. The first-order chi connectivity index (χ1) is 13.1.